The minimum absolute atomic E-state index is 0.255. The summed E-state index contributed by atoms with van der Waals surface area (Å²) >= 11 is 3.14. The Morgan fingerprint density at radius 1 is 0.594 bits per heavy atom. The van der Waals surface area contributed by atoms with E-state index >= 15 is 0 Å². The third kappa shape index (κ3) is 3.12. The highest BCUT2D eigenvalue weighted by atomic mass is 32.1. The Morgan fingerprint density at radius 3 is 2.03 bits per heavy atom. The van der Waals surface area contributed by atoms with Crippen molar-refractivity contribution in [3.05, 3.63) is 83.6 Å². The monoisotopic (exact) mass is 452 g/mol. The molecule has 0 fully saturated rings. The molecular weight excluding hydrogens is 436 g/mol. The van der Waals surface area contributed by atoms with Crippen molar-refractivity contribution in [3.8, 4) is 44.0 Å². The van der Waals surface area contributed by atoms with Gasteiger partial charge in [-0.3, -0.25) is 0 Å². The van der Waals surface area contributed by atoms with E-state index < -0.39 is 0 Å². The number of phenols is 2. The summed E-state index contributed by atoms with van der Waals surface area (Å²) in [4.78, 5) is 9.73. The van der Waals surface area contributed by atoms with Gasteiger partial charge in [0.05, 0.1) is 11.4 Å². The molecule has 0 saturated heterocycles. The Labute approximate surface area is 191 Å². The van der Waals surface area contributed by atoms with E-state index in [1.54, 1.807) is 40.9 Å². The highest BCUT2D eigenvalue weighted by Gasteiger charge is 2.15. The Balaban J connectivity index is 1.40. The fourth-order valence-electron chi connectivity index (χ4n) is 3.99. The van der Waals surface area contributed by atoms with Gasteiger partial charge in [-0.25, -0.2) is 9.97 Å². The quantitative estimate of drug-likeness (QED) is 0.295. The molecule has 2 aromatic heterocycles. The molecule has 0 saturated carbocycles. The van der Waals surface area contributed by atoms with E-state index in [4.69, 9.17) is 9.97 Å². The lowest BCUT2D eigenvalue weighted by Crippen LogP contribution is -1.84. The Morgan fingerprint density at radius 2 is 1.28 bits per heavy atom. The van der Waals surface area contributed by atoms with Crippen LogP contribution in [0.2, 0.25) is 0 Å². The van der Waals surface area contributed by atoms with Crippen molar-refractivity contribution in [1.82, 2.24) is 9.97 Å². The van der Waals surface area contributed by atoms with E-state index in [1.807, 2.05) is 65.4 Å². The topological polar surface area (TPSA) is 66.2 Å². The Bertz CT molecular complexity index is 1620. The summed E-state index contributed by atoms with van der Waals surface area (Å²) in [6, 6.07) is 22.8. The molecule has 4 nitrogen and oxygen atoms in total. The smallest absolute Gasteiger partial charge is 0.152 e. The van der Waals surface area contributed by atoms with E-state index in [-0.39, 0.29) is 11.5 Å². The van der Waals surface area contributed by atoms with Crippen LogP contribution in [-0.2, 0) is 0 Å². The highest BCUT2D eigenvalue weighted by molar-refractivity contribution is 7.20. The first kappa shape index (κ1) is 19.0. The summed E-state index contributed by atoms with van der Waals surface area (Å²) in [6.45, 7) is 0. The fourth-order valence-corrected chi connectivity index (χ4v) is 5.68. The second kappa shape index (κ2) is 7.44. The number of benzene rings is 4. The molecule has 154 valence electrons. The maximum absolute atomic E-state index is 10.2. The molecule has 2 N–H and O–H groups in total. The summed E-state index contributed by atoms with van der Waals surface area (Å²) in [5, 5.41) is 29.6. The van der Waals surface area contributed by atoms with Crippen molar-refractivity contribution in [2.24, 2.45) is 0 Å². The third-order valence-electron chi connectivity index (χ3n) is 5.51. The highest BCUT2D eigenvalue weighted by Crippen LogP contribution is 2.38. The molecule has 0 spiro atoms. The lowest BCUT2D eigenvalue weighted by molar-refractivity contribution is 0.476. The Kier molecular flexibility index (Phi) is 4.41. The average Bonchev–Trinajstić information content (AvgIpc) is 3.49. The summed E-state index contributed by atoms with van der Waals surface area (Å²) in [5.74, 6) is 0.526. The van der Waals surface area contributed by atoms with Crippen molar-refractivity contribution >= 4 is 44.2 Å². The molecule has 6 rings (SSSR count). The van der Waals surface area contributed by atoms with Gasteiger partial charge in [0, 0.05) is 27.3 Å². The number of aromatic nitrogens is 2. The van der Waals surface area contributed by atoms with E-state index in [2.05, 4.69) is 0 Å². The number of aromatic hydroxyl groups is 2. The van der Waals surface area contributed by atoms with Gasteiger partial charge in [0.15, 0.2) is 10.0 Å². The number of thiazole rings is 2. The van der Waals surface area contributed by atoms with E-state index in [0.29, 0.717) is 0 Å². The van der Waals surface area contributed by atoms with Gasteiger partial charge in [-0.1, -0.05) is 48.5 Å². The first-order valence-electron chi connectivity index (χ1n) is 10.0. The minimum Gasteiger partial charge on any atom is -0.508 e. The molecule has 0 amide bonds. The molecular formula is C26H16N2O2S2. The van der Waals surface area contributed by atoms with Gasteiger partial charge in [-0.2, -0.15) is 0 Å². The molecule has 32 heavy (non-hydrogen) atoms. The van der Waals surface area contributed by atoms with Crippen molar-refractivity contribution < 1.29 is 10.2 Å². The van der Waals surface area contributed by atoms with Crippen molar-refractivity contribution in [2.45, 2.75) is 0 Å². The van der Waals surface area contributed by atoms with Crippen LogP contribution in [0.4, 0.5) is 0 Å². The summed E-state index contributed by atoms with van der Waals surface area (Å²) in [7, 11) is 0. The summed E-state index contributed by atoms with van der Waals surface area (Å²) in [6.07, 6.45) is 0. The second-order valence-corrected chi connectivity index (χ2v) is 9.18. The van der Waals surface area contributed by atoms with Crippen LogP contribution in [0.3, 0.4) is 0 Å². The van der Waals surface area contributed by atoms with Crippen LogP contribution < -0.4 is 0 Å². The molecule has 0 radical (unpaired) electrons. The van der Waals surface area contributed by atoms with E-state index in [1.165, 1.54) is 0 Å². The lowest BCUT2D eigenvalue weighted by Gasteiger charge is -2.05. The SMILES string of the molecule is Oc1ccc2c(-c3csc(-c4nc(-c5ccc(O)c6ccccc56)cs4)n3)cccc2c1. The fraction of sp³-hybridized carbons (Fsp3) is 0. The Hall–Kier alpha value is -3.74. The zero-order valence-corrected chi connectivity index (χ0v) is 18.3. The largest absolute Gasteiger partial charge is 0.508 e. The van der Waals surface area contributed by atoms with Gasteiger partial charge in [-0.05, 0) is 40.4 Å². The van der Waals surface area contributed by atoms with Crippen LogP contribution in [-0.4, -0.2) is 20.2 Å². The van der Waals surface area contributed by atoms with Gasteiger partial charge in [0.2, 0.25) is 0 Å². The second-order valence-electron chi connectivity index (χ2n) is 7.46. The van der Waals surface area contributed by atoms with Crippen molar-refractivity contribution in [2.75, 3.05) is 0 Å². The molecule has 0 aliphatic rings. The number of fused-ring (bicyclic) bond motifs is 2. The summed E-state index contributed by atoms with van der Waals surface area (Å²) < 4.78 is 0. The molecule has 0 unspecified atom stereocenters. The number of nitrogens with zero attached hydrogens (tertiary/aromatic N) is 2. The molecule has 0 aliphatic carbocycles. The predicted octanol–water partition coefficient (Wildman–Crippen LogP) is 7.32. The van der Waals surface area contributed by atoms with Crippen LogP contribution in [0.15, 0.2) is 83.6 Å². The molecule has 0 aliphatic heterocycles. The van der Waals surface area contributed by atoms with Gasteiger partial charge in [0.25, 0.3) is 0 Å². The predicted molar refractivity (Wildman–Crippen MR) is 132 cm³/mol. The molecule has 6 aromatic rings. The van der Waals surface area contributed by atoms with Gasteiger partial charge < -0.3 is 10.2 Å². The minimum atomic E-state index is 0.255. The van der Waals surface area contributed by atoms with Crippen molar-refractivity contribution in [1.29, 1.82) is 0 Å². The number of hydrogen-bond donors (Lipinski definition) is 2. The molecule has 0 bridgehead atoms. The summed E-state index contributed by atoms with van der Waals surface area (Å²) in [5.41, 5.74) is 3.80. The maximum atomic E-state index is 10.2. The third-order valence-corrected chi connectivity index (χ3v) is 7.34. The molecule has 6 heteroatoms. The zero-order chi connectivity index (χ0) is 21.7. The number of rotatable bonds is 3. The molecule has 0 atom stereocenters. The first-order chi connectivity index (χ1) is 15.7. The van der Waals surface area contributed by atoms with Crippen LogP contribution in [0.5, 0.6) is 11.5 Å². The van der Waals surface area contributed by atoms with Crippen molar-refractivity contribution in [3.63, 3.8) is 0 Å². The van der Waals surface area contributed by atoms with Crippen LogP contribution >= 0.6 is 22.7 Å². The number of phenolic OH excluding ortho intramolecular Hbond substituents is 2. The maximum Gasteiger partial charge on any atom is 0.152 e. The van der Waals surface area contributed by atoms with Gasteiger partial charge in [0.1, 0.15) is 11.5 Å². The first-order valence-corrected chi connectivity index (χ1v) is 11.8. The molecule has 2 heterocycles. The zero-order valence-electron chi connectivity index (χ0n) is 16.7. The lowest BCUT2D eigenvalue weighted by atomic mass is 10.0. The normalized spacial score (nSPS) is 11.4. The van der Waals surface area contributed by atoms with Crippen LogP contribution in [0.25, 0.3) is 54.1 Å². The van der Waals surface area contributed by atoms with E-state index in [0.717, 1.165) is 54.1 Å². The van der Waals surface area contributed by atoms with E-state index in [9.17, 15) is 10.2 Å². The average molecular weight is 453 g/mol. The van der Waals surface area contributed by atoms with Gasteiger partial charge in [-0.15, -0.1) is 22.7 Å². The van der Waals surface area contributed by atoms with Crippen LogP contribution in [0, 0.1) is 0 Å². The number of hydrogen-bond acceptors (Lipinski definition) is 6. The van der Waals surface area contributed by atoms with Gasteiger partial charge >= 0.3 is 0 Å². The molecule has 4 aromatic carbocycles. The standard InChI is InChI=1S/C26H16N2O2S2/c29-16-8-9-17-15(12-16)4-3-7-19(17)22-13-31-25(27-22)26-28-23(14-32-26)20-10-11-24(30)21-6-2-1-5-18(20)21/h1-14,29-30H. The van der Waals surface area contributed by atoms with Crippen LogP contribution in [0.1, 0.15) is 0 Å².